The molecule has 72 valence electrons. The summed E-state index contributed by atoms with van der Waals surface area (Å²) >= 11 is 9.31. The Morgan fingerprint density at radius 3 is 2.46 bits per heavy atom. The molecule has 1 rings (SSSR count). The summed E-state index contributed by atoms with van der Waals surface area (Å²) in [7, 11) is 0. The zero-order valence-electron chi connectivity index (χ0n) is 6.20. The third-order valence-electron chi connectivity index (χ3n) is 1.40. The van der Waals surface area contributed by atoms with E-state index in [0.717, 1.165) is 0 Å². The highest BCUT2D eigenvalue weighted by Gasteiger charge is 2.18. The van der Waals surface area contributed by atoms with E-state index in [9.17, 15) is 8.78 Å². The van der Waals surface area contributed by atoms with E-state index in [-0.39, 0.29) is 5.56 Å². The van der Waals surface area contributed by atoms with Crippen LogP contribution in [0.25, 0.3) is 0 Å². The second kappa shape index (κ2) is 4.79. The van der Waals surface area contributed by atoms with E-state index in [2.05, 4.69) is 52.8 Å². The maximum Gasteiger partial charge on any atom is 0.266 e. The minimum absolute atomic E-state index is 0.0555. The predicted molar refractivity (Wildman–Crippen MR) is 57.2 cm³/mol. The number of halogens is 5. The summed E-state index contributed by atoms with van der Waals surface area (Å²) in [5.41, 5.74) is 0.288. The molecular weight excluding hydrogens is 376 g/mol. The molecule has 13 heavy (non-hydrogen) atoms. The number of nitrogens with zero attached hydrogens (tertiary/aromatic N) is 1. The molecule has 0 amide bonds. The largest absolute Gasteiger partial charge is 0.266 e. The van der Waals surface area contributed by atoms with Crippen LogP contribution < -0.4 is 0 Å². The molecule has 0 fully saturated rings. The van der Waals surface area contributed by atoms with Gasteiger partial charge in [0.2, 0.25) is 0 Å². The van der Waals surface area contributed by atoms with Crippen LogP contribution in [0.15, 0.2) is 15.1 Å². The van der Waals surface area contributed by atoms with Crippen molar-refractivity contribution in [2.75, 3.05) is 0 Å². The number of alkyl halides is 3. The van der Waals surface area contributed by atoms with E-state index in [1.54, 1.807) is 0 Å². The topological polar surface area (TPSA) is 12.9 Å². The van der Waals surface area contributed by atoms with Gasteiger partial charge in [-0.2, -0.15) is 0 Å². The van der Waals surface area contributed by atoms with Crippen molar-refractivity contribution >= 4 is 47.8 Å². The predicted octanol–water partition coefficient (Wildman–Crippen LogP) is 4.44. The highest BCUT2D eigenvalue weighted by Crippen LogP contribution is 2.32. The molecule has 0 spiro atoms. The number of pyridine rings is 1. The standard InChI is InChI=1S/C7H4Br3F2N/c8-2-4-6(7(11)12)3(9)1-5(10)13-4/h1,7H,2H2. The van der Waals surface area contributed by atoms with Gasteiger partial charge in [-0.05, 0) is 22.0 Å². The van der Waals surface area contributed by atoms with E-state index >= 15 is 0 Å². The first-order chi connectivity index (χ1) is 6.06. The van der Waals surface area contributed by atoms with Crippen molar-refractivity contribution in [2.45, 2.75) is 11.8 Å². The molecule has 0 N–H and O–H groups in total. The Morgan fingerprint density at radius 1 is 1.38 bits per heavy atom. The molecule has 1 aromatic heterocycles. The summed E-state index contributed by atoms with van der Waals surface area (Å²) < 4.78 is 25.9. The van der Waals surface area contributed by atoms with E-state index < -0.39 is 6.43 Å². The third kappa shape index (κ3) is 2.70. The minimum atomic E-state index is -2.51. The third-order valence-corrected chi connectivity index (χ3v) is 2.99. The molecule has 1 aromatic rings. The summed E-state index contributed by atoms with van der Waals surface area (Å²) in [5.74, 6) is 0. The molecule has 0 unspecified atom stereocenters. The fraction of sp³-hybridized carbons (Fsp3) is 0.286. The summed E-state index contributed by atoms with van der Waals surface area (Å²) in [6, 6.07) is 1.51. The average molecular weight is 380 g/mol. The Bertz CT molecular complexity index is 317. The van der Waals surface area contributed by atoms with Crippen LogP contribution in [0.3, 0.4) is 0 Å². The van der Waals surface area contributed by atoms with Gasteiger partial charge in [0.1, 0.15) is 4.60 Å². The van der Waals surface area contributed by atoms with Gasteiger partial charge in [-0.15, -0.1) is 0 Å². The lowest BCUT2D eigenvalue weighted by Crippen LogP contribution is -1.97. The molecule has 0 saturated carbocycles. The number of hydrogen-bond acceptors (Lipinski definition) is 1. The molecule has 0 bridgehead atoms. The van der Waals surface area contributed by atoms with Crippen molar-refractivity contribution in [2.24, 2.45) is 0 Å². The molecule has 1 nitrogen and oxygen atoms in total. The van der Waals surface area contributed by atoms with E-state index in [1.807, 2.05) is 0 Å². The Balaban J connectivity index is 3.30. The lowest BCUT2D eigenvalue weighted by atomic mass is 10.2. The number of aromatic nitrogens is 1. The summed E-state index contributed by atoms with van der Waals surface area (Å²) in [5, 5.41) is 0.310. The lowest BCUT2D eigenvalue weighted by molar-refractivity contribution is 0.149. The first-order valence-electron chi connectivity index (χ1n) is 3.25. The van der Waals surface area contributed by atoms with Gasteiger partial charge in [0.15, 0.2) is 0 Å². The van der Waals surface area contributed by atoms with E-state index in [1.165, 1.54) is 6.07 Å². The average Bonchev–Trinajstić information content (AvgIpc) is 2.01. The van der Waals surface area contributed by atoms with Crippen LogP contribution in [0, 0.1) is 0 Å². The van der Waals surface area contributed by atoms with Crippen LogP contribution in [0.5, 0.6) is 0 Å². The molecule has 1 heterocycles. The molecule has 0 saturated heterocycles. The van der Waals surface area contributed by atoms with Crippen LogP contribution in [-0.2, 0) is 5.33 Å². The van der Waals surface area contributed by atoms with Crippen molar-refractivity contribution in [3.05, 3.63) is 26.4 Å². The summed E-state index contributed by atoms with van der Waals surface area (Å²) in [6.07, 6.45) is -2.51. The second-order valence-corrected chi connectivity index (χ2v) is 4.45. The van der Waals surface area contributed by atoms with Gasteiger partial charge in [-0.3, -0.25) is 0 Å². The maximum absolute atomic E-state index is 12.5. The Hall–Kier alpha value is 0.450. The fourth-order valence-electron chi connectivity index (χ4n) is 0.874. The first-order valence-corrected chi connectivity index (χ1v) is 5.96. The monoisotopic (exact) mass is 377 g/mol. The molecule has 0 aromatic carbocycles. The summed E-state index contributed by atoms with van der Waals surface area (Å²) in [6.45, 7) is 0. The van der Waals surface area contributed by atoms with Crippen molar-refractivity contribution in [3.8, 4) is 0 Å². The van der Waals surface area contributed by atoms with Crippen molar-refractivity contribution in [3.63, 3.8) is 0 Å². The lowest BCUT2D eigenvalue weighted by Gasteiger charge is -2.08. The zero-order chi connectivity index (χ0) is 10.0. The zero-order valence-corrected chi connectivity index (χ0v) is 11.0. The van der Waals surface area contributed by atoms with Gasteiger partial charge >= 0.3 is 0 Å². The molecule has 6 heteroatoms. The Morgan fingerprint density at radius 2 is 2.00 bits per heavy atom. The number of rotatable bonds is 2. The molecule has 0 aliphatic rings. The van der Waals surface area contributed by atoms with Gasteiger partial charge in [-0.25, -0.2) is 13.8 Å². The van der Waals surface area contributed by atoms with Crippen molar-refractivity contribution < 1.29 is 8.78 Å². The van der Waals surface area contributed by atoms with Crippen LogP contribution in [-0.4, -0.2) is 4.98 Å². The first kappa shape index (κ1) is 11.5. The fourth-order valence-corrected chi connectivity index (χ4v) is 2.67. The Kier molecular flexibility index (Phi) is 4.25. The van der Waals surface area contributed by atoms with Crippen molar-refractivity contribution in [1.82, 2.24) is 4.98 Å². The van der Waals surface area contributed by atoms with Gasteiger partial charge < -0.3 is 0 Å². The quantitative estimate of drug-likeness (QED) is 0.547. The van der Waals surface area contributed by atoms with Gasteiger partial charge in [0, 0.05) is 9.80 Å². The Labute approximate surface area is 99.3 Å². The van der Waals surface area contributed by atoms with Crippen LogP contribution in [0.4, 0.5) is 8.78 Å². The van der Waals surface area contributed by atoms with Crippen molar-refractivity contribution in [1.29, 1.82) is 0 Å². The van der Waals surface area contributed by atoms with Crippen LogP contribution >= 0.6 is 47.8 Å². The van der Waals surface area contributed by atoms with E-state index in [0.29, 0.717) is 20.1 Å². The smallest absolute Gasteiger partial charge is 0.244 e. The molecule has 0 aliphatic carbocycles. The molecule has 0 atom stereocenters. The minimum Gasteiger partial charge on any atom is -0.244 e. The van der Waals surface area contributed by atoms with E-state index in [4.69, 9.17) is 0 Å². The van der Waals surface area contributed by atoms with Gasteiger partial charge in [-0.1, -0.05) is 31.9 Å². The maximum atomic E-state index is 12.5. The SMILES string of the molecule is FC(F)c1c(Br)cc(Br)nc1CBr. The summed E-state index contributed by atoms with van der Waals surface area (Å²) in [4.78, 5) is 3.93. The second-order valence-electron chi connectivity index (χ2n) is 2.22. The number of hydrogen-bond donors (Lipinski definition) is 0. The van der Waals surface area contributed by atoms with Gasteiger partial charge in [0.05, 0.1) is 11.3 Å². The normalized spacial score (nSPS) is 10.9. The van der Waals surface area contributed by atoms with Crippen LogP contribution in [0.1, 0.15) is 17.7 Å². The highest BCUT2D eigenvalue weighted by atomic mass is 79.9. The van der Waals surface area contributed by atoms with Crippen LogP contribution in [0.2, 0.25) is 0 Å². The highest BCUT2D eigenvalue weighted by molar-refractivity contribution is 9.11. The molecular formula is C7H4Br3F2N. The molecule has 0 aliphatic heterocycles. The molecule has 0 radical (unpaired) electrons. The van der Waals surface area contributed by atoms with Gasteiger partial charge in [0.25, 0.3) is 6.43 Å².